The minimum Gasteiger partial charge on any atom is -0.356 e. The first-order chi connectivity index (χ1) is 12.3. The van der Waals surface area contributed by atoms with Gasteiger partial charge in [0.2, 0.25) is 0 Å². The number of benzene rings is 1. The molecule has 25 heavy (non-hydrogen) atoms. The molecule has 0 bridgehead atoms. The Morgan fingerprint density at radius 1 is 0.920 bits per heavy atom. The lowest BCUT2D eigenvalue weighted by atomic mass is 10.1. The average Bonchev–Trinajstić information content (AvgIpc) is 3.35. The molecule has 0 aliphatic rings. The van der Waals surface area contributed by atoms with Crippen LogP contribution in [0.15, 0.2) is 76.2 Å². The van der Waals surface area contributed by atoms with Crippen molar-refractivity contribution in [3.63, 3.8) is 0 Å². The maximum atomic E-state index is 12.4. The maximum Gasteiger partial charge on any atom is 0.277 e. The van der Waals surface area contributed by atoms with Gasteiger partial charge in [-0.3, -0.25) is 9.78 Å². The highest BCUT2D eigenvalue weighted by Gasteiger charge is 2.14. The van der Waals surface area contributed by atoms with Crippen LogP contribution in [0.4, 0.5) is 5.69 Å². The molecule has 0 aliphatic carbocycles. The van der Waals surface area contributed by atoms with Crippen molar-refractivity contribution in [2.75, 3.05) is 5.32 Å². The fourth-order valence-corrected chi connectivity index (χ4v) is 2.34. The molecule has 3 heterocycles. The highest BCUT2D eigenvalue weighted by molar-refractivity contribution is 6.03. The number of carbonyl (C=O) groups excluding carboxylic acids is 1. The molecule has 4 aromatic rings. The number of pyridine rings is 1. The molecule has 0 saturated heterocycles. The van der Waals surface area contributed by atoms with Gasteiger partial charge in [-0.05, 0) is 24.3 Å². The van der Waals surface area contributed by atoms with Crippen molar-refractivity contribution in [3.8, 4) is 22.6 Å². The zero-order valence-corrected chi connectivity index (χ0v) is 12.9. The Morgan fingerprint density at radius 3 is 2.64 bits per heavy atom. The molecular formula is C18H12N4O3. The van der Waals surface area contributed by atoms with Gasteiger partial charge in [-0.15, -0.1) is 0 Å². The van der Waals surface area contributed by atoms with Crippen LogP contribution in [-0.2, 0) is 0 Å². The van der Waals surface area contributed by atoms with Gasteiger partial charge < -0.3 is 14.4 Å². The molecule has 1 amide bonds. The highest BCUT2D eigenvalue weighted by atomic mass is 16.5. The van der Waals surface area contributed by atoms with Gasteiger partial charge >= 0.3 is 0 Å². The third-order valence-electron chi connectivity index (χ3n) is 3.53. The zero-order valence-electron chi connectivity index (χ0n) is 12.9. The van der Waals surface area contributed by atoms with Crippen molar-refractivity contribution in [1.29, 1.82) is 0 Å². The van der Waals surface area contributed by atoms with E-state index in [4.69, 9.17) is 9.05 Å². The Hall–Kier alpha value is -3.74. The molecule has 0 unspecified atom stereocenters. The Labute approximate surface area is 142 Å². The standard InChI is InChI=1S/C18H12N4O3/c23-18(15-10-17(25-22-15)13-4-2-7-19-11-13)21-14-5-1-3-12(9-14)16-6-8-20-24-16/h1-11H,(H,21,23). The molecular weight excluding hydrogens is 320 g/mol. The first-order valence-electron chi connectivity index (χ1n) is 7.49. The topological polar surface area (TPSA) is 94.1 Å². The number of hydrogen-bond acceptors (Lipinski definition) is 6. The first-order valence-corrected chi connectivity index (χ1v) is 7.49. The normalized spacial score (nSPS) is 10.6. The number of carbonyl (C=O) groups is 1. The number of aromatic nitrogens is 3. The molecule has 0 radical (unpaired) electrons. The predicted octanol–water partition coefficient (Wildman–Crippen LogP) is 3.64. The summed E-state index contributed by atoms with van der Waals surface area (Å²) >= 11 is 0. The predicted molar refractivity (Wildman–Crippen MR) is 89.6 cm³/mol. The van der Waals surface area contributed by atoms with Crippen molar-refractivity contribution in [2.45, 2.75) is 0 Å². The van der Waals surface area contributed by atoms with Gasteiger partial charge in [0, 0.05) is 41.3 Å². The molecule has 0 fully saturated rings. The summed E-state index contributed by atoms with van der Waals surface area (Å²) in [4.78, 5) is 16.4. The summed E-state index contributed by atoms with van der Waals surface area (Å²) in [6, 6.07) is 14.2. The van der Waals surface area contributed by atoms with Crippen molar-refractivity contribution < 1.29 is 13.8 Å². The third kappa shape index (κ3) is 3.16. The highest BCUT2D eigenvalue weighted by Crippen LogP contribution is 2.23. The van der Waals surface area contributed by atoms with Crippen molar-refractivity contribution in [1.82, 2.24) is 15.3 Å². The molecule has 4 rings (SSSR count). The van der Waals surface area contributed by atoms with Crippen LogP contribution in [0, 0.1) is 0 Å². The van der Waals surface area contributed by atoms with E-state index in [0.29, 0.717) is 17.2 Å². The van der Waals surface area contributed by atoms with Crippen LogP contribution in [0.2, 0.25) is 0 Å². The fourth-order valence-electron chi connectivity index (χ4n) is 2.34. The molecule has 7 nitrogen and oxygen atoms in total. The number of rotatable bonds is 4. The Kier molecular flexibility index (Phi) is 3.80. The summed E-state index contributed by atoms with van der Waals surface area (Å²) in [6.07, 6.45) is 4.87. The number of anilines is 1. The van der Waals surface area contributed by atoms with Crippen molar-refractivity contribution in [3.05, 3.63) is 72.8 Å². The quantitative estimate of drug-likeness (QED) is 0.613. The molecule has 7 heteroatoms. The van der Waals surface area contributed by atoms with E-state index < -0.39 is 0 Å². The van der Waals surface area contributed by atoms with E-state index in [0.717, 1.165) is 11.1 Å². The van der Waals surface area contributed by atoms with Crippen LogP contribution in [0.1, 0.15) is 10.5 Å². The SMILES string of the molecule is O=C(Nc1cccc(-c2ccno2)c1)c1cc(-c2cccnc2)on1. The second-order valence-corrected chi connectivity index (χ2v) is 5.23. The van der Waals surface area contributed by atoms with Gasteiger partial charge in [-0.1, -0.05) is 22.4 Å². The van der Waals surface area contributed by atoms with Gasteiger partial charge in [0.25, 0.3) is 5.91 Å². The Morgan fingerprint density at radius 2 is 1.84 bits per heavy atom. The van der Waals surface area contributed by atoms with Crippen LogP contribution in [0.3, 0.4) is 0 Å². The number of hydrogen-bond donors (Lipinski definition) is 1. The monoisotopic (exact) mass is 332 g/mol. The molecule has 1 aromatic carbocycles. The zero-order chi connectivity index (χ0) is 17.1. The molecule has 0 aliphatic heterocycles. The van der Waals surface area contributed by atoms with Crippen molar-refractivity contribution in [2.24, 2.45) is 0 Å². The molecule has 3 aromatic heterocycles. The van der Waals surface area contributed by atoms with Crippen molar-refractivity contribution >= 4 is 11.6 Å². The number of amides is 1. The van der Waals surface area contributed by atoms with E-state index in [1.165, 1.54) is 0 Å². The largest absolute Gasteiger partial charge is 0.356 e. The van der Waals surface area contributed by atoms with Crippen LogP contribution in [0.25, 0.3) is 22.6 Å². The Balaban J connectivity index is 1.53. The average molecular weight is 332 g/mol. The molecule has 0 saturated carbocycles. The molecule has 0 atom stereocenters. The molecule has 0 spiro atoms. The summed E-state index contributed by atoms with van der Waals surface area (Å²) in [5, 5.41) is 10.3. The van der Waals surface area contributed by atoms with E-state index in [1.54, 1.807) is 48.9 Å². The van der Waals surface area contributed by atoms with Crippen LogP contribution < -0.4 is 5.32 Å². The van der Waals surface area contributed by atoms with E-state index in [-0.39, 0.29) is 11.6 Å². The van der Waals surface area contributed by atoms with Gasteiger partial charge in [0.15, 0.2) is 17.2 Å². The first kappa shape index (κ1) is 14.8. The maximum absolute atomic E-state index is 12.4. The van der Waals surface area contributed by atoms with Gasteiger partial charge in [0.05, 0.1) is 6.20 Å². The van der Waals surface area contributed by atoms with E-state index in [9.17, 15) is 4.79 Å². The van der Waals surface area contributed by atoms with Crippen LogP contribution in [-0.4, -0.2) is 21.2 Å². The summed E-state index contributed by atoms with van der Waals surface area (Å²) in [7, 11) is 0. The number of nitrogens with one attached hydrogen (secondary N) is 1. The molecule has 122 valence electrons. The minimum absolute atomic E-state index is 0.184. The second kappa shape index (κ2) is 6.40. The fraction of sp³-hybridized carbons (Fsp3) is 0. The minimum atomic E-state index is -0.367. The van der Waals surface area contributed by atoms with E-state index in [1.807, 2.05) is 18.2 Å². The number of nitrogens with zero attached hydrogens (tertiary/aromatic N) is 3. The lowest BCUT2D eigenvalue weighted by Gasteiger charge is -2.04. The summed E-state index contributed by atoms with van der Waals surface area (Å²) < 4.78 is 10.3. The molecule has 1 N–H and O–H groups in total. The van der Waals surface area contributed by atoms with Gasteiger partial charge in [-0.25, -0.2) is 0 Å². The summed E-state index contributed by atoms with van der Waals surface area (Å²) in [5.41, 5.74) is 2.36. The lowest BCUT2D eigenvalue weighted by Crippen LogP contribution is -2.12. The second-order valence-electron chi connectivity index (χ2n) is 5.23. The smallest absolute Gasteiger partial charge is 0.277 e. The Bertz CT molecular complexity index is 994. The van der Waals surface area contributed by atoms with Crippen LogP contribution >= 0.6 is 0 Å². The van der Waals surface area contributed by atoms with E-state index in [2.05, 4.69) is 20.6 Å². The third-order valence-corrected chi connectivity index (χ3v) is 3.53. The van der Waals surface area contributed by atoms with Gasteiger partial charge in [0.1, 0.15) is 0 Å². The van der Waals surface area contributed by atoms with E-state index >= 15 is 0 Å². The summed E-state index contributed by atoms with van der Waals surface area (Å²) in [5.74, 6) is 0.735. The summed E-state index contributed by atoms with van der Waals surface area (Å²) in [6.45, 7) is 0. The van der Waals surface area contributed by atoms with Gasteiger partial charge in [-0.2, -0.15) is 0 Å². The lowest BCUT2D eigenvalue weighted by molar-refractivity contribution is 0.101. The van der Waals surface area contributed by atoms with Crippen LogP contribution in [0.5, 0.6) is 0 Å².